The van der Waals surface area contributed by atoms with Crippen LogP contribution in [0, 0.1) is 5.92 Å². The van der Waals surface area contributed by atoms with Gasteiger partial charge in [-0.15, -0.1) is 5.73 Å². The van der Waals surface area contributed by atoms with Crippen molar-refractivity contribution in [1.29, 1.82) is 0 Å². The van der Waals surface area contributed by atoms with Gasteiger partial charge in [0.05, 0.1) is 5.70 Å². The van der Waals surface area contributed by atoms with Gasteiger partial charge in [0.25, 0.3) is 0 Å². The molecule has 4 nitrogen and oxygen atoms in total. The zero-order chi connectivity index (χ0) is 29.0. The van der Waals surface area contributed by atoms with Gasteiger partial charge in [0.2, 0.25) is 0 Å². The van der Waals surface area contributed by atoms with Gasteiger partial charge >= 0.3 is 0 Å². The number of rotatable bonds is 12. The van der Waals surface area contributed by atoms with Gasteiger partial charge in [-0.25, -0.2) is 4.39 Å². The van der Waals surface area contributed by atoms with Gasteiger partial charge in [0.15, 0.2) is 0 Å². The van der Waals surface area contributed by atoms with Crippen molar-refractivity contribution in [2.45, 2.75) is 90.8 Å². The third kappa shape index (κ3) is 9.90. The molecule has 0 radical (unpaired) electrons. The summed E-state index contributed by atoms with van der Waals surface area (Å²) in [4.78, 5) is 4.77. The van der Waals surface area contributed by atoms with Gasteiger partial charge < -0.3 is 15.2 Å². The summed E-state index contributed by atoms with van der Waals surface area (Å²) in [5.41, 5.74) is 11.2. The number of allylic oxidation sites excluding steroid dienone is 4. The minimum absolute atomic E-state index is 0.167. The van der Waals surface area contributed by atoms with Crippen molar-refractivity contribution in [1.82, 2.24) is 5.32 Å². The molecule has 2 unspecified atom stereocenters. The van der Waals surface area contributed by atoms with Gasteiger partial charge in [-0.05, 0) is 101 Å². The van der Waals surface area contributed by atoms with E-state index in [1.807, 2.05) is 43.5 Å². The molecule has 4 rings (SSSR count). The second-order valence-electron chi connectivity index (χ2n) is 11.9. The quantitative estimate of drug-likeness (QED) is 0.154. The highest BCUT2D eigenvalue weighted by Gasteiger charge is 2.21. The Kier molecular flexibility index (Phi) is 12.1. The van der Waals surface area contributed by atoms with Crippen molar-refractivity contribution in [2.24, 2.45) is 10.9 Å². The van der Waals surface area contributed by atoms with Gasteiger partial charge in [-0.2, -0.15) is 0 Å². The van der Waals surface area contributed by atoms with Crippen LogP contribution in [0.1, 0.15) is 84.1 Å². The maximum Gasteiger partial charge on any atom is 0.129 e. The Morgan fingerprint density at radius 3 is 2.76 bits per heavy atom. The first-order chi connectivity index (χ1) is 19.9. The normalized spacial score (nSPS) is 21.4. The first-order valence-corrected chi connectivity index (χ1v) is 15.4. The minimum Gasteiger partial charge on any atom is -0.383 e. The molecule has 220 valence electrons. The number of aliphatic hydroxyl groups excluding tert-OH is 1. The second-order valence-corrected chi connectivity index (χ2v) is 11.9. The van der Waals surface area contributed by atoms with Crippen molar-refractivity contribution < 1.29 is 14.2 Å². The van der Waals surface area contributed by atoms with Crippen molar-refractivity contribution in [2.75, 3.05) is 19.7 Å². The zero-order valence-corrected chi connectivity index (χ0v) is 25.1. The molecule has 1 aromatic rings. The molecular formula is C36H47FN2O2. The first kappa shape index (κ1) is 31.1. The van der Waals surface area contributed by atoms with Gasteiger partial charge in [-0.1, -0.05) is 67.0 Å². The Morgan fingerprint density at radius 2 is 2.00 bits per heavy atom. The van der Waals surface area contributed by atoms with E-state index in [4.69, 9.17) is 9.73 Å². The summed E-state index contributed by atoms with van der Waals surface area (Å²) >= 11 is 0. The summed E-state index contributed by atoms with van der Waals surface area (Å²) in [6.07, 6.45) is 15.4. The molecule has 41 heavy (non-hydrogen) atoms. The average molecular weight is 559 g/mol. The first-order valence-electron chi connectivity index (χ1n) is 15.4. The van der Waals surface area contributed by atoms with E-state index in [-0.39, 0.29) is 5.83 Å². The average Bonchev–Trinajstić information content (AvgIpc) is 2.97. The van der Waals surface area contributed by atoms with Crippen LogP contribution in [-0.4, -0.2) is 43.2 Å². The fourth-order valence-corrected chi connectivity index (χ4v) is 5.61. The third-order valence-electron chi connectivity index (χ3n) is 8.12. The van der Waals surface area contributed by atoms with E-state index in [9.17, 15) is 9.50 Å². The number of nitrogens with zero attached hydrogens (tertiary/aromatic N) is 1. The van der Waals surface area contributed by atoms with Gasteiger partial charge in [0.1, 0.15) is 18.0 Å². The monoisotopic (exact) mass is 558 g/mol. The van der Waals surface area contributed by atoms with E-state index in [1.165, 1.54) is 24.8 Å². The predicted octanol–water partition coefficient (Wildman–Crippen LogP) is 8.19. The fraction of sp³-hybridized carbons (Fsp3) is 0.500. The Hall–Kier alpha value is -2.82. The Morgan fingerprint density at radius 1 is 1.22 bits per heavy atom. The molecule has 0 amide bonds. The third-order valence-corrected chi connectivity index (χ3v) is 8.12. The SMILES string of the molecule is CC1=CCC(OCC[C@@H](C)CNCC/C(C)=C\C(O)C2=C(c3ccccc3)CC(=C=C3CCCCC3)C=N2)C(F)=C1. The molecule has 2 N–H and O–H groups in total. The van der Waals surface area contributed by atoms with Crippen molar-refractivity contribution in [3.8, 4) is 0 Å². The molecule has 5 heteroatoms. The van der Waals surface area contributed by atoms with Crippen LogP contribution in [0.2, 0.25) is 0 Å². The molecule has 2 aliphatic carbocycles. The van der Waals surface area contributed by atoms with Crippen LogP contribution in [0.4, 0.5) is 4.39 Å². The molecule has 0 saturated heterocycles. The van der Waals surface area contributed by atoms with Gasteiger partial charge in [-0.3, -0.25) is 4.99 Å². The number of hydrogen-bond acceptors (Lipinski definition) is 4. The van der Waals surface area contributed by atoms with E-state index < -0.39 is 12.2 Å². The number of aliphatic hydroxyl groups is 1. The molecule has 0 bridgehead atoms. The molecule has 0 spiro atoms. The van der Waals surface area contributed by atoms with Crippen LogP contribution < -0.4 is 5.32 Å². The molecule has 1 heterocycles. The lowest BCUT2D eigenvalue weighted by Crippen LogP contribution is -2.24. The van der Waals surface area contributed by atoms with Crippen molar-refractivity contribution >= 4 is 11.8 Å². The smallest absolute Gasteiger partial charge is 0.129 e. The zero-order valence-electron chi connectivity index (χ0n) is 25.1. The van der Waals surface area contributed by atoms with Crippen LogP contribution in [0.5, 0.6) is 0 Å². The molecule has 1 aromatic carbocycles. The number of aliphatic imine (C=N–C) groups is 1. The topological polar surface area (TPSA) is 53.8 Å². The minimum atomic E-state index is -0.755. The van der Waals surface area contributed by atoms with E-state index in [1.54, 1.807) is 6.08 Å². The fourth-order valence-electron chi connectivity index (χ4n) is 5.61. The number of hydrogen-bond donors (Lipinski definition) is 2. The lowest BCUT2D eigenvalue weighted by atomic mass is 9.90. The summed E-state index contributed by atoms with van der Waals surface area (Å²) in [6.45, 7) is 8.43. The highest BCUT2D eigenvalue weighted by Crippen LogP contribution is 2.33. The molecular weight excluding hydrogens is 511 g/mol. The molecule has 0 aromatic heterocycles. The van der Waals surface area contributed by atoms with E-state index in [0.29, 0.717) is 18.9 Å². The van der Waals surface area contributed by atoms with E-state index in [0.717, 1.165) is 78.7 Å². The molecule has 1 saturated carbocycles. The number of nitrogens with one attached hydrogen (secondary N) is 1. The van der Waals surface area contributed by atoms with Crippen LogP contribution >= 0.6 is 0 Å². The van der Waals surface area contributed by atoms with Crippen LogP contribution in [0.3, 0.4) is 0 Å². The Balaban J connectivity index is 1.27. The lowest BCUT2D eigenvalue weighted by molar-refractivity contribution is 0.0553. The summed E-state index contributed by atoms with van der Waals surface area (Å²) < 4.78 is 19.8. The van der Waals surface area contributed by atoms with Crippen LogP contribution in [-0.2, 0) is 4.74 Å². The van der Waals surface area contributed by atoms with E-state index >= 15 is 0 Å². The summed E-state index contributed by atoms with van der Waals surface area (Å²) in [6, 6.07) is 10.3. The summed E-state index contributed by atoms with van der Waals surface area (Å²) in [7, 11) is 0. The summed E-state index contributed by atoms with van der Waals surface area (Å²) in [5.74, 6) is 0.262. The highest BCUT2D eigenvalue weighted by atomic mass is 19.1. The molecule has 3 atom stereocenters. The van der Waals surface area contributed by atoms with Crippen LogP contribution in [0.25, 0.3) is 5.57 Å². The maximum absolute atomic E-state index is 14.0. The predicted molar refractivity (Wildman–Crippen MR) is 168 cm³/mol. The van der Waals surface area contributed by atoms with Crippen LogP contribution in [0.15, 0.2) is 93.1 Å². The van der Waals surface area contributed by atoms with Gasteiger partial charge in [0, 0.05) is 24.8 Å². The molecule has 3 aliphatic rings. The largest absolute Gasteiger partial charge is 0.383 e. The molecule has 1 fully saturated rings. The highest BCUT2D eigenvalue weighted by molar-refractivity contribution is 5.89. The second kappa shape index (κ2) is 16.0. The Labute approximate surface area is 246 Å². The Bertz CT molecular complexity index is 1240. The number of ether oxygens (including phenoxy) is 1. The van der Waals surface area contributed by atoms with E-state index in [2.05, 4.69) is 37.0 Å². The maximum atomic E-state index is 14.0. The summed E-state index contributed by atoms with van der Waals surface area (Å²) in [5, 5.41) is 14.7. The number of halogens is 1. The lowest BCUT2D eigenvalue weighted by Gasteiger charge is -2.20. The number of benzene rings is 1. The molecule has 1 aliphatic heterocycles. The van der Waals surface area contributed by atoms with Crippen molar-refractivity contribution in [3.05, 3.63) is 93.7 Å². The standard InChI is InChI=1S/C36H47FN2O2/c1-26-14-15-35(33(37)20-26)41-19-17-28(3)24-38-18-16-27(2)21-34(40)36-32(31-12-8-5-9-13-31)23-30(25-39-36)22-29-10-6-4-7-11-29/h5,8-9,12-14,20-21,25,28,34-35,38,40H,4,6-7,10-11,15-19,23-24H2,1-3H3/b27-21-/t28-,34?,35?/m1/s1. The van der Waals surface area contributed by atoms with Crippen molar-refractivity contribution in [3.63, 3.8) is 0 Å².